The molecule has 0 spiro atoms. The van der Waals surface area contributed by atoms with Gasteiger partial charge in [0, 0.05) is 15.0 Å². The topological polar surface area (TPSA) is 40.5 Å². The monoisotopic (exact) mass is 248 g/mol. The Morgan fingerprint density at radius 2 is 2.00 bits per heavy atom. The van der Waals surface area contributed by atoms with Crippen LogP contribution in [0.5, 0.6) is 0 Å². The molecule has 0 saturated heterocycles. The fourth-order valence-corrected chi connectivity index (χ4v) is 2.11. The van der Waals surface area contributed by atoms with Crippen LogP contribution in [0.25, 0.3) is 0 Å². The van der Waals surface area contributed by atoms with E-state index in [1.807, 2.05) is 0 Å². The zero-order valence-corrected chi connectivity index (χ0v) is 8.72. The minimum Gasteiger partial charge on any atom is -0.423 e. The summed E-state index contributed by atoms with van der Waals surface area (Å²) >= 11 is 9.03. The molecule has 0 aromatic heterocycles. The summed E-state index contributed by atoms with van der Waals surface area (Å²) in [5.41, 5.74) is 1.12. The summed E-state index contributed by atoms with van der Waals surface area (Å²) in [6, 6.07) is 3.41. The van der Waals surface area contributed by atoms with E-state index in [2.05, 4.69) is 15.9 Å². The van der Waals surface area contributed by atoms with Gasteiger partial charge in [-0.3, -0.25) is 0 Å². The Morgan fingerprint density at radius 3 is 2.42 bits per heavy atom. The zero-order chi connectivity index (χ0) is 9.30. The van der Waals surface area contributed by atoms with E-state index < -0.39 is 7.12 Å². The molecule has 64 valence electrons. The van der Waals surface area contributed by atoms with Gasteiger partial charge in [-0.15, -0.1) is 0 Å². The van der Waals surface area contributed by atoms with E-state index in [0.29, 0.717) is 10.5 Å². The van der Waals surface area contributed by atoms with Crippen LogP contribution in [0.3, 0.4) is 0 Å². The largest absolute Gasteiger partial charge is 0.490 e. The summed E-state index contributed by atoms with van der Waals surface area (Å²) in [4.78, 5) is 0. The van der Waals surface area contributed by atoms with Gasteiger partial charge in [-0.2, -0.15) is 0 Å². The van der Waals surface area contributed by atoms with Crippen LogP contribution in [0.1, 0.15) is 5.56 Å². The van der Waals surface area contributed by atoms with Gasteiger partial charge in [0.2, 0.25) is 0 Å². The third kappa shape index (κ3) is 2.01. The molecule has 0 heterocycles. The molecule has 5 heteroatoms. The average Bonchev–Trinajstić information content (AvgIpc) is 1.82. The smallest absolute Gasteiger partial charge is 0.423 e. The predicted molar refractivity (Wildman–Crippen MR) is 53.7 cm³/mol. The lowest BCUT2D eigenvalue weighted by Crippen LogP contribution is -2.33. The highest BCUT2D eigenvalue weighted by Crippen LogP contribution is 2.17. The lowest BCUT2D eigenvalue weighted by atomic mass is 9.77. The summed E-state index contributed by atoms with van der Waals surface area (Å²) in [7, 11) is -1.51. The number of rotatable bonds is 1. The Morgan fingerprint density at radius 1 is 1.42 bits per heavy atom. The zero-order valence-electron chi connectivity index (χ0n) is 6.38. The van der Waals surface area contributed by atoms with E-state index in [-0.39, 0.29) is 0 Å². The molecule has 0 fully saturated rings. The maximum absolute atomic E-state index is 8.93. The third-order valence-electron chi connectivity index (χ3n) is 1.56. The molecule has 0 atom stereocenters. The van der Waals surface area contributed by atoms with Gasteiger partial charge in [0.15, 0.2) is 0 Å². The normalized spacial score (nSPS) is 10.1. The SMILES string of the molecule is Cc1cc(Br)cc(Cl)c1B(O)O. The van der Waals surface area contributed by atoms with Crippen LogP contribution in [0, 0.1) is 6.92 Å². The van der Waals surface area contributed by atoms with Gasteiger partial charge in [-0.25, -0.2) is 0 Å². The molecular weight excluding hydrogens is 242 g/mol. The molecule has 0 saturated carbocycles. The Labute approximate surface area is 84.4 Å². The molecule has 0 aliphatic heterocycles. The van der Waals surface area contributed by atoms with E-state index >= 15 is 0 Å². The van der Waals surface area contributed by atoms with Crippen molar-refractivity contribution in [2.75, 3.05) is 0 Å². The Bertz CT molecular complexity index is 280. The summed E-state index contributed by atoms with van der Waals surface area (Å²) in [6.45, 7) is 1.77. The van der Waals surface area contributed by atoms with Gasteiger partial charge < -0.3 is 10.0 Å². The fourth-order valence-electron chi connectivity index (χ4n) is 1.04. The molecule has 2 nitrogen and oxygen atoms in total. The van der Waals surface area contributed by atoms with Crippen molar-refractivity contribution in [1.29, 1.82) is 0 Å². The molecule has 0 bridgehead atoms. The second-order valence-corrected chi connectivity index (χ2v) is 3.81. The highest BCUT2D eigenvalue weighted by Gasteiger charge is 2.17. The molecular formula is C7H7BBrClO2. The van der Waals surface area contributed by atoms with E-state index in [4.69, 9.17) is 21.6 Å². The van der Waals surface area contributed by atoms with Crippen LogP contribution >= 0.6 is 27.5 Å². The molecule has 1 aromatic carbocycles. The van der Waals surface area contributed by atoms with Crippen molar-refractivity contribution in [2.45, 2.75) is 6.92 Å². The summed E-state index contributed by atoms with van der Waals surface area (Å²) in [5.74, 6) is 0. The second kappa shape index (κ2) is 3.79. The van der Waals surface area contributed by atoms with E-state index in [9.17, 15) is 0 Å². The maximum atomic E-state index is 8.93. The third-order valence-corrected chi connectivity index (χ3v) is 2.33. The molecule has 0 aliphatic rings. The molecule has 1 rings (SSSR count). The number of aryl methyl sites for hydroxylation is 1. The summed E-state index contributed by atoms with van der Waals surface area (Å²) in [6.07, 6.45) is 0. The van der Waals surface area contributed by atoms with Crippen LogP contribution in [-0.2, 0) is 0 Å². The minimum atomic E-state index is -1.51. The van der Waals surface area contributed by atoms with Crippen LogP contribution in [0.2, 0.25) is 5.02 Å². The first kappa shape index (κ1) is 10.1. The second-order valence-electron chi connectivity index (χ2n) is 2.49. The lowest BCUT2D eigenvalue weighted by Gasteiger charge is -2.07. The van der Waals surface area contributed by atoms with Gasteiger partial charge in [-0.1, -0.05) is 27.5 Å². The van der Waals surface area contributed by atoms with Crippen molar-refractivity contribution in [3.05, 3.63) is 27.2 Å². The van der Waals surface area contributed by atoms with E-state index in [1.165, 1.54) is 0 Å². The van der Waals surface area contributed by atoms with Gasteiger partial charge >= 0.3 is 7.12 Å². The van der Waals surface area contributed by atoms with Gasteiger partial charge in [-0.05, 0) is 24.6 Å². The van der Waals surface area contributed by atoms with E-state index in [0.717, 1.165) is 10.0 Å². The first-order chi connectivity index (χ1) is 5.52. The van der Waals surface area contributed by atoms with Crippen molar-refractivity contribution in [3.63, 3.8) is 0 Å². The van der Waals surface area contributed by atoms with Crippen LogP contribution in [0.4, 0.5) is 0 Å². The van der Waals surface area contributed by atoms with Crippen molar-refractivity contribution >= 4 is 40.1 Å². The van der Waals surface area contributed by atoms with Crippen molar-refractivity contribution in [3.8, 4) is 0 Å². The van der Waals surface area contributed by atoms with Gasteiger partial charge in [0.05, 0.1) is 0 Å². The quantitative estimate of drug-likeness (QED) is 0.731. The maximum Gasteiger partial charge on any atom is 0.490 e. The molecule has 0 amide bonds. The number of halogens is 2. The van der Waals surface area contributed by atoms with Gasteiger partial charge in [0.25, 0.3) is 0 Å². The predicted octanol–water partition coefficient (Wildman–Crippen LogP) is 1.09. The standard InChI is InChI=1S/C7H7BBrClO2/c1-4-2-5(9)3-6(10)7(4)8(11)12/h2-3,11-12H,1H3. The Hall–Kier alpha value is -0.0251. The lowest BCUT2D eigenvalue weighted by molar-refractivity contribution is 0.425. The molecule has 12 heavy (non-hydrogen) atoms. The fraction of sp³-hybridized carbons (Fsp3) is 0.143. The average molecular weight is 249 g/mol. The van der Waals surface area contributed by atoms with E-state index in [1.54, 1.807) is 19.1 Å². The van der Waals surface area contributed by atoms with Crippen molar-refractivity contribution in [2.24, 2.45) is 0 Å². The van der Waals surface area contributed by atoms with Gasteiger partial charge in [0.1, 0.15) is 0 Å². The first-order valence-electron chi connectivity index (χ1n) is 3.34. The van der Waals surface area contributed by atoms with Crippen LogP contribution in [-0.4, -0.2) is 17.2 Å². The number of hydrogen-bond acceptors (Lipinski definition) is 2. The molecule has 0 aliphatic carbocycles. The first-order valence-corrected chi connectivity index (χ1v) is 4.51. The number of hydrogen-bond donors (Lipinski definition) is 2. The van der Waals surface area contributed by atoms with Crippen molar-refractivity contribution < 1.29 is 10.0 Å². The summed E-state index contributed by atoms with van der Waals surface area (Å²) < 4.78 is 0.828. The highest BCUT2D eigenvalue weighted by molar-refractivity contribution is 9.10. The molecule has 1 aromatic rings. The minimum absolute atomic E-state index is 0.358. The van der Waals surface area contributed by atoms with Crippen LogP contribution < -0.4 is 5.46 Å². The molecule has 2 N–H and O–H groups in total. The molecule has 0 radical (unpaired) electrons. The Balaban J connectivity index is 3.28. The van der Waals surface area contributed by atoms with Crippen molar-refractivity contribution in [1.82, 2.24) is 0 Å². The highest BCUT2D eigenvalue weighted by atomic mass is 79.9. The molecule has 0 unspecified atom stereocenters. The number of benzene rings is 1. The summed E-state index contributed by atoms with van der Waals surface area (Å²) in [5, 5.41) is 18.2. The van der Waals surface area contributed by atoms with Crippen LogP contribution in [0.15, 0.2) is 16.6 Å². The Kier molecular flexibility index (Phi) is 3.18.